The van der Waals surface area contributed by atoms with Crippen molar-refractivity contribution in [3.05, 3.63) is 0 Å². The van der Waals surface area contributed by atoms with E-state index in [-0.39, 0.29) is 37.0 Å². The van der Waals surface area contributed by atoms with Gasteiger partial charge in [-0.05, 0) is 39.2 Å². The Morgan fingerprint density at radius 3 is 2.60 bits per heavy atom. The summed E-state index contributed by atoms with van der Waals surface area (Å²) in [4.78, 5) is 28.3. The summed E-state index contributed by atoms with van der Waals surface area (Å²) >= 11 is 0. The second-order valence-electron chi connectivity index (χ2n) is 6.95. The monoisotopic (exact) mass is 355 g/mol. The van der Waals surface area contributed by atoms with Crippen LogP contribution in [0.2, 0.25) is 0 Å². The second-order valence-corrected chi connectivity index (χ2v) is 6.95. The van der Waals surface area contributed by atoms with Crippen molar-refractivity contribution in [1.82, 2.24) is 15.1 Å². The van der Waals surface area contributed by atoms with Crippen LogP contribution < -0.4 is 5.32 Å². The fourth-order valence-electron chi connectivity index (χ4n) is 3.70. The number of rotatable bonds is 8. The Labute approximate surface area is 150 Å². The highest BCUT2D eigenvalue weighted by Crippen LogP contribution is 2.18. The Hall–Kier alpha value is -1.18. The van der Waals surface area contributed by atoms with Crippen LogP contribution in [0.5, 0.6) is 0 Å². The van der Waals surface area contributed by atoms with Crippen LogP contribution in [0, 0.1) is 5.92 Å². The van der Waals surface area contributed by atoms with E-state index in [2.05, 4.69) is 10.2 Å². The molecule has 0 saturated carbocycles. The maximum absolute atomic E-state index is 12.3. The first kappa shape index (κ1) is 20.1. The number of amides is 2. The third-order valence-corrected chi connectivity index (χ3v) is 5.31. The highest BCUT2D eigenvalue weighted by molar-refractivity contribution is 5.80. The van der Waals surface area contributed by atoms with Crippen molar-refractivity contribution >= 4 is 11.8 Å². The van der Waals surface area contributed by atoms with Gasteiger partial charge >= 0.3 is 0 Å². The molecule has 144 valence electrons. The number of piperidine rings is 2. The average molecular weight is 355 g/mol. The highest BCUT2D eigenvalue weighted by Gasteiger charge is 2.27. The third-order valence-electron chi connectivity index (χ3n) is 5.31. The molecule has 0 bridgehead atoms. The number of carbonyl (C=O) groups excluding carboxylic acids is 2. The molecule has 2 fully saturated rings. The van der Waals surface area contributed by atoms with Gasteiger partial charge in [0.25, 0.3) is 0 Å². The third kappa shape index (κ3) is 6.24. The molecule has 2 heterocycles. The van der Waals surface area contributed by atoms with Crippen molar-refractivity contribution in [3.63, 3.8) is 0 Å². The van der Waals surface area contributed by atoms with Gasteiger partial charge in [-0.25, -0.2) is 0 Å². The summed E-state index contributed by atoms with van der Waals surface area (Å²) in [6.45, 7) is 6.42. The maximum atomic E-state index is 12.3. The first-order valence-electron chi connectivity index (χ1n) is 9.63. The molecule has 2 saturated heterocycles. The lowest BCUT2D eigenvalue weighted by Gasteiger charge is -2.35. The molecule has 0 spiro atoms. The van der Waals surface area contributed by atoms with Crippen LogP contribution >= 0.6 is 0 Å². The molecule has 2 amide bonds. The predicted octanol–water partition coefficient (Wildman–Crippen LogP) is 0.225. The van der Waals surface area contributed by atoms with E-state index in [1.807, 2.05) is 6.92 Å². The minimum absolute atomic E-state index is 0.00821. The summed E-state index contributed by atoms with van der Waals surface area (Å²) in [5.41, 5.74) is 0. The molecule has 1 atom stereocenters. The first-order valence-corrected chi connectivity index (χ1v) is 9.63. The van der Waals surface area contributed by atoms with Crippen molar-refractivity contribution < 1.29 is 19.4 Å². The summed E-state index contributed by atoms with van der Waals surface area (Å²) in [6.07, 6.45) is 4.81. The smallest absolute Gasteiger partial charge is 0.248 e. The van der Waals surface area contributed by atoms with Gasteiger partial charge in [0.15, 0.2) is 0 Å². The topological polar surface area (TPSA) is 82.1 Å². The molecule has 0 unspecified atom stereocenters. The number of nitrogens with one attached hydrogen (secondary N) is 1. The van der Waals surface area contributed by atoms with Gasteiger partial charge in [-0.15, -0.1) is 0 Å². The lowest BCUT2D eigenvalue weighted by atomic mass is 9.96. The predicted molar refractivity (Wildman–Crippen MR) is 95.1 cm³/mol. The minimum atomic E-state index is -0.00821. The molecular formula is C18H33N3O4. The van der Waals surface area contributed by atoms with Crippen LogP contribution in [0.15, 0.2) is 0 Å². The molecule has 2 rings (SSSR count). The van der Waals surface area contributed by atoms with Gasteiger partial charge in [0.05, 0.1) is 6.61 Å². The lowest BCUT2D eigenvalue weighted by molar-refractivity contribution is -0.139. The fourth-order valence-corrected chi connectivity index (χ4v) is 3.70. The van der Waals surface area contributed by atoms with Gasteiger partial charge in [0.2, 0.25) is 11.8 Å². The largest absolute Gasteiger partial charge is 0.395 e. The van der Waals surface area contributed by atoms with Gasteiger partial charge in [-0.2, -0.15) is 0 Å². The summed E-state index contributed by atoms with van der Waals surface area (Å²) in [5.74, 6) is 0.0986. The Bertz CT molecular complexity index is 425. The molecule has 0 radical (unpaired) electrons. The standard InChI is InChI=1S/C18H33N3O4/c1-2-25-14-17(23)21-10-6-15(7-11-21)18(24)19-8-12-20-9-4-3-5-16(20)13-22/h15-16,22H,2-14H2,1H3,(H,19,24)/t16-/m0/s1. The van der Waals surface area contributed by atoms with Crippen molar-refractivity contribution in [2.24, 2.45) is 5.92 Å². The van der Waals surface area contributed by atoms with Crippen LogP contribution in [0.4, 0.5) is 0 Å². The molecule has 2 aliphatic rings. The molecule has 25 heavy (non-hydrogen) atoms. The van der Waals surface area contributed by atoms with E-state index in [9.17, 15) is 14.7 Å². The van der Waals surface area contributed by atoms with Crippen molar-refractivity contribution in [1.29, 1.82) is 0 Å². The van der Waals surface area contributed by atoms with Crippen LogP contribution in [0.3, 0.4) is 0 Å². The van der Waals surface area contributed by atoms with E-state index in [0.29, 0.717) is 39.1 Å². The Morgan fingerprint density at radius 2 is 1.92 bits per heavy atom. The number of hydrogen-bond donors (Lipinski definition) is 2. The maximum Gasteiger partial charge on any atom is 0.248 e. The number of carbonyl (C=O) groups is 2. The van der Waals surface area contributed by atoms with Crippen LogP contribution in [-0.2, 0) is 14.3 Å². The number of aliphatic hydroxyl groups is 1. The quantitative estimate of drug-likeness (QED) is 0.651. The van der Waals surface area contributed by atoms with Gasteiger partial charge in [-0.1, -0.05) is 6.42 Å². The van der Waals surface area contributed by atoms with Gasteiger partial charge in [0.1, 0.15) is 6.61 Å². The van der Waals surface area contributed by atoms with E-state index in [0.717, 1.165) is 19.5 Å². The van der Waals surface area contributed by atoms with E-state index >= 15 is 0 Å². The molecule has 2 aliphatic heterocycles. The Balaban J connectivity index is 1.64. The summed E-state index contributed by atoms with van der Waals surface area (Å²) in [5, 5.41) is 12.5. The Morgan fingerprint density at radius 1 is 1.16 bits per heavy atom. The lowest BCUT2D eigenvalue weighted by Crippen LogP contribution is -2.47. The average Bonchev–Trinajstić information content (AvgIpc) is 2.66. The van der Waals surface area contributed by atoms with Crippen molar-refractivity contribution in [3.8, 4) is 0 Å². The molecule has 0 aliphatic carbocycles. The van der Waals surface area contributed by atoms with Crippen LogP contribution in [0.25, 0.3) is 0 Å². The molecule has 2 N–H and O–H groups in total. The Kier molecular flexibility index (Phi) is 8.64. The number of hydrogen-bond acceptors (Lipinski definition) is 5. The van der Waals surface area contributed by atoms with E-state index < -0.39 is 0 Å². The molecule has 0 aromatic rings. The van der Waals surface area contributed by atoms with Crippen LogP contribution in [0.1, 0.15) is 39.0 Å². The summed E-state index contributed by atoms with van der Waals surface area (Å²) in [7, 11) is 0. The van der Waals surface area contributed by atoms with E-state index in [1.54, 1.807) is 4.90 Å². The van der Waals surface area contributed by atoms with Gasteiger partial charge in [0, 0.05) is 44.7 Å². The SMILES string of the molecule is CCOCC(=O)N1CCC(C(=O)NCCN2CCCC[C@H]2CO)CC1. The van der Waals surface area contributed by atoms with Crippen LogP contribution in [-0.4, -0.2) is 85.3 Å². The number of aliphatic hydroxyl groups excluding tert-OH is 1. The summed E-state index contributed by atoms with van der Waals surface area (Å²) < 4.78 is 5.16. The van der Waals surface area contributed by atoms with Gasteiger partial charge < -0.3 is 20.1 Å². The summed E-state index contributed by atoms with van der Waals surface area (Å²) in [6, 6.07) is 0.241. The molecule has 7 heteroatoms. The van der Waals surface area contributed by atoms with Gasteiger partial charge in [-0.3, -0.25) is 14.5 Å². The number of ether oxygens (including phenoxy) is 1. The number of nitrogens with zero attached hydrogens (tertiary/aromatic N) is 2. The molecule has 0 aromatic carbocycles. The number of likely N-dealkylation sites (tertiary alicyclic amines) is 2. The highest BCUT2D eigenvalue weighted by atomic mass is 16.5. The zero-order valence-corrected chi connectivity index (χ0v) is 15.4. The normalized spacial score (nSPS) is 22.8. The zero-order valence-electron chi connectivity index (χ0n) is 15.4. The van der Waals surface area contributed by atoms with Crippen molar-refractivity contribution in [2.75, 3.05) is 52.5 Å². The molecule has 7 nitrogen and oxygen atoms in total. The van der Waals surface area contributed by atoms with E-state index in [1.165, 1.54) is 12.8 Å². The molecule has 0 aromatic heterocycles. The fraction of sp³-hybridized carbons (Fsp3) is 0.889. The zero-order chi connectivity index (χ0) is 18.1. The first-order chi connectivity index (χ1) is 12.2. The van der Waals surface area contributed by atoms with Crippen molar-refractivity contribution in [2.45, 2.75) is 45.1 Å². The molecular weight excluding hydrogens is 322 g/mol. The minimum Gasteiger partial charge on any atom is -0.395 e. The van der Waals surface area contributed by atoms with E-state index in [4.69, 9.17) is 4.74 Å². The second kappa shape index (κ2) is 10.7.